The summed E-state index contributed by atoms with van der Waals surface area (Å²) in [4.78, 5) is 23.4. The maximum atomic E-state index is 11.4. The number of halogens is 1. The van der Waals surface area contributed by atoms with Crippen LogP contribution < -0.4 is 10.1 Å². The number of nitrogens with zero attached hydrogens (tertiary/aromatic N) is 1. The number of aliphatic carboxylic acids is 1. The lowest BCUT2D eigenvalue weighted by Gasteiger charge is -2.16. The number of hydrogen-bond donors (Lipinski definition) is 2. The molecule has 0 aliphatic carbocycles. The van der Waals surface area contributed by atoms with E-state index in [1.807, 2.05) is 31.2 Å². The number of ether oxygens (including phenoxy) is 1. The van der Waals surface area contributed by atoms with Crippen molar-refractivity contribution in [1.29, 1.82) is 0 Å². The van der Waals surface area contributed by atoms with Gasteiger partial charge in [-0.15, -0.1) is 12.4 Å². The van der Waals surface area contributed by atoms with E-state index < -0.39 is 5.97 Å². The molecule has 1 aromatic carbocycles. The number of benzene rings is 1. The summed E-state index contributed by atoms with van der Waals surface area (Å²) in [5.41, 5.74) is 1.17. The number of carboxylic acids is 1. The van der Waals surface area contributed by atoms with E-state index in [4.69, 9.17) is 9.84 Å². The fourth-order valence-electron chi connectivity index (χ4n) is 1.51. The molecule has 21 heavy (non-hydrogen) atoms. The number of nitrogens with one attached hydrogen (secondary N) is 1. The third kappa shape index (κ3) is 8.88. The summed E-state index contributed by atoms with van der Waals surface area (Å²) in [7, 11) is 1.78. The van der Waals surface area contributed by atoms with Gasteiger partial charge in [0.2, 0.25) is 5.91 Å². The molecule has 0 fully saturated rings. The maximum absolute atomic E-state index is 11.4. The summed E-state index contributed by atoms with van der Waals surface area (Å²) in [6, 6.07) is 7.74. The molecule has 0 aliphatic rings. The van der Waals surface area contributed by atoms with Crippen molar-refractivity contribution in [2.24, 2.45) is 0 Å². The van der Waals surface area contributed by atoms with Crippen LogP contribution in [0.5, 0.6) is 5.75 Å². The predicted molar refractivity (Wildman–Crippen MR) is 82.1 cm³/mol. The van der Waals surface area contributed by atoms with Gasteiger partial charge in [0, 0.05) is 6.54 Å². The second-order valence-corrected chi connectivity index (χ2v) is 4.57. The molecule has 118 valence electrons. The average molecular weight is 317 g/mol. The van der Waals surface area contributed by atoms with Gasteiger partial charge in [-0.05, 0) is 26.1 Å². The molecule has 1 rings (SSSR count). The van der Waals surface area contributed by atoms with Gasteiger partial charge in [0.1, 0.15) is 18.9 Å². The Kier molecular flexibility index (Phi) is 9.16. The summed E-state index contributed by atoms with van der Waals surface area (Å²) in [5, 5.41) is 10.7. The molecule has 0 bridgehead atoms. The molecule has 0 aliphatic heterocycles. The lowest BCUT2D eigenvalue weighted by atomic mass is 10.2. The Morgan fingerprint density at radius 3 is 2.48 bits per heavy atom. The maximum Gasteiger partial charge on any atom is 0.322 e. The molecule has 0 unspecified atom stereocenters. The van der Waals surface area contributed by atoms with Gasteiger partial charge in [0.05, 0.1) is 6.54 Å². The third-order valence-corrected chi connectivity index (χ3v) is 2.61. The zero-order chi connectivity index (χ0) is 15.0. The molecule has 0 spiro atoms. The quantitative estimate of drug-likeness (QED) is 0.746. The number of carbonyl (C=O) groups is 2. The van der Waals surface area contributed by atoms with E-state index in [1.165, 1.54) is 5.56 Å². The van der Waals surface area contributed by atoms with E-state index >= 15 is 0 Å². The number of likely N-dealkylation sites (N-methyl/N-ethyl adjacent to an activating group) is 1. The lowest BCUT2D eigenvalue weighted by Crippen LogP contribution is -2.38. The zero-order valence-electron chi connectivity index (χ0n) is 12.2. The van der Waals surface area contributed by atoms with Gasteiger partial charge >= 0.3 is 5.97 Å². The third-order valence-electron chi connectivity index (χ3n) is 2.61. The van der Waals surface area contributed by atoms with Crippen molar-refractivity contribution in [2.75, 3.05) is 33.3 Å². The van der Waals surface area contributed by atoms with Crippen LogP contribution in [-0.4, -0.2) is 55.2 Å². The molecule has 0 heterocycles. The first kappa shape index (κ1) is 19.2. The first-order chi connectivity index (χ1) is 9.47. The minimum absolute atomic E-state index is 0. The molecule has 0 aromatic heterocycles. The van der Waals surface area contributed by atoms with Crippen LogP contribution in [0.3, 0.4) is 0 Å². The highest BCUT2D eigenvalue weighted by atomic mass is 35.5. The van der Waals surface area contributed by atoms with Crippen molar-refractivity contribution in [3.8, 4) is 5.75 Å². The van der Waals surface area contributed by atoms with E-state index in [9.17, 15) is 9.59 Å². The molecule has 0 saturated heterocycles. The van der Waals surface area contributed by atoms with Crippen LogP contribution in [0, 0.1) is 6.92 Å². The van der Waals surface area contributed by atoms with Gasteiger partial charge in [0.15, 0.2) is 0 Å². The van der Waals surface area contributed by atoms with Gasteiger partial charge in [-0.3, -0.25) is 14.5 Å². The summed E-state index contributed by atoms with van der Waals surface area (Å²) in [5.74, 6) is -0.576. The van der Waals surface area contributed by atoms with Crippen LogP contribution >= 0.6 is 12.4 Å². The van der Waals surface area contributed by atoms with E-state index in [-0.39, 0.29) is 31.4 Å². The van der Waals surface area contributed by atoms with Crippen molar-refractivity contribution in [1.82, 2.24) is 10.2 Å². The van der Waals surface area contributed by atoms with Crippen LogP contribution in [0.4, 0.5) is 0 Å². The van der Waals surface area contributed by atoms with Gasteiger partial charge in [-0.2, -0.15) is 0 Å². The Morgan fingerprint density at radius 2 is 1.90 bits per heavy atom. The first-order valence-corrected chi connectivity index (χ1v) is 6.34. The van der Waals surface area contributed by atoms with Gasteiger partial charge in [0.25, 0.3) is 0 Å². The zero-order valence-corrected chi connectivity index (χ0v) is 13.0. The van der Waals surface area contributed by atoms with Crippen LogP contribution in [0.15, 0.2) is 24.3 Å². The molecule has 6 nitrogen and oxygen atoms in total. The van der Waals surface area contributed by atoms with Crippen molar-refractivity contribution < 1.29 is 19.4 Å². The first-order valence-electron chi connectivity index (χ1n) is 6.34. The number of amides is 1. The van der Waals surface area contributed by atoms with Crippen LogP contribution in [-0.2, 0) is 9.59 Å². The number of aryl methyl sites for hydroxylation is 1. The summed E-state index contributed by atoms with van der Waals surface area (Å²) < 4.78 is 5.54. The minimum atomic E-state index is -1.05. The molecule has 7 heteroatoms. The van der Waals surface area contributed by atoms with E-state index in [0.717, 1.165) is 5.75 Å². The second-order valence-electron chi connectivity index (χ2n) is 4.57. The molecular formula is C14H21ClN2O4. The van der Waals surface area contributed by atoms with Crippen LogP contribution in [0.2, 0.25) is 0 Å². The Bertz CT molecular complexity index is 451. The fraction of sp³-hybridized carbons (Fsp3) is 0.429. The minimum Gasteiger partial charge on any atom is -0.492 e. The topological polar surface area (TPSA) is 78.9 Å². The molecule has 0 radical (unpaired) electrons. The number of carbonyl (C=O) groups excluding carboxylic acids is 1. The summed E-state index contributed by atoms with van der Waals surface area (Å²) in [6.45, 7) is 2.84. The van der Waals surface area contributed by atoms with Gasteiger partial charge in [-0.1, -0.05) is 17.7 Å². The molecule has 2 N–H and O–H groups in total. The molecule has 1 aromatic rings. The van der Waals surface area contributed by atoms with E-state index in [2.05, 4.69) is 5.32 Å². The van der Waals surface area contributed by atoms with Crippen LogP contribution in [0.1, 0.15) is 5.56 Å². The lowest BCUT2D eigenvalue weighted by molar-refractivity contribution is -0.138. The standard InChI is InChI=1S/C14H20N2O4.ClH/c1-11-3-5-12(6-4-11)20-8-7-16(2)10-13(17)15-9-14(18)19;/h3-6H,7-10H2,1-2H3,(H,15,17)(H,18,19);1H. The highest BCUT2D eigenvalue weighted by Gasteiger charge is 2.07. The molecular weight excluding hydrogens is 296 g/mol. The Hall–Kier alpha value is -1.79. The predicted octanol–water partition coefficient (Wildman–Crippen LogP) is 0.928. The van der Waals surface area contributed by atoms with Gasteiger partial charge in [-0.25, -0.2) is 0 Å². The molecule has 1 amide bonds. The normalized spacial score (nSPS) is 9.86. The van der Waals surface area contributed by atoms with Crippen molar-refractivity contribution >= 4 is 24.3 Å². The molecule has 0 saturated carbocycles. The van der Waals surface area contributed by atoms with Gasteiger partial charge < -0.3 is 15.2 Å². The highest BCUT2D eigenvalue weighted by molar-refractivity contribution is 5.85. The summed E-state index contributed by atoms with van der Waals surface area (Å²) >= 11 is 0. The Balaban J connectivity index is 0.00000400. The largest absolute Gasteiger partial charge is 0.492 e. The van der Waals surface area contributed by atoms with E-state index in [0.29, 0.717) is 13.2 Å². The average Bonchev–Trinajstić information content (AvgIpc) is 2.38. The SMILES string of the molecule is Cc1ccc(OCCN(C)CC(=O)NCC(=O)O)cc1.Cl. The summed E-state index contributed by atoms with van der Waals surface area (Å²) in [6.07, 6.45) is 0. The second kappa shape index (κ2) is 10.0. The van der Waals surface area contributed by atoms with Crippen LogP contribution in [0.25, 0.3) is 0 Å². The number of hydrogen-bond acceptors (Lipinski definition) is 4. The van der Waals surface area contributed by atoms with Crippen molar-refractivity contribution in [2.45, 2.75) is 6.92 Å². The smallest absolute Gasteiger partial charge is 0.322 e. The fourth-order valence-corrected chi connectivity index (χ4v) is 1.51. The Morgan fingerprint density at radius 1 is 1.29 bits per heavy atom. The number of rotatable bonds is 8. The van der Waals surface area contributed by atoms with Crippen molar-refractivity contribution in [3.05, 3.63) is 29.8 Å². The van der Waals surface area contributed by atoms with Crippen molar-refractivity contribution in [3.63, 3.8) is 0 Å². The highest BCUT2D eigenvalue weighted by Crippen LogP contribution is 2.10. The Labute approximate surface area is 130 Å². The molecule has 0 atom stereocenters. The van der Waals surface area contributed by atoms with E-state index in [1.54, 1.807) is 11.9 Å². The monoisotopic (exact) mass is 316 g/mol. The number of carboxylic acid groups (broad SMARTS) is 1.